The fourth-order valence-electron chi connectivity index (χ4n) is 2.61. The third kappa shape index (κ3) is 5.41. The molecule has 1 N–H and O–H groups in total. The van der Waals surface area contributed by atoms with Gasteiger partial charge in [0.05, 0.1) is 24.8 Å². The predicted molar refractivity (Wildman–Crippen MR) is 113 cm³/mol. The number of anilines is 1. The normalized spacial score (nSPS) is 12.3. The van der Waals surface area contributed by atoms with Crippen molar-refractivity contribution in [1.82, 2.24) is 5.32 Å². The highest BCUT2D eigenvalue weighted by atomic mass is 32.2. The van der Waals surface area contributed by atoms with Crippen LogP contribution in [0.3, 0.4) is 0 Å². The van der Waals surface area contributed by atoms with Gasteiger partial charge in [-0.3, -0.25) is 9.10 Å². The van der Waals surface area contributed by atoms with Gasteiger partial charge in [-0.2, -0.15) is 0 Å². The first-order valence-corrected chi connectivity index (χ1v) is 10.7. The molecule has 0 fully saturated rings. The highest BCUT2D eigenvalue weighted by Gasteiger charge is 2.30. The number of amides is 1. The van der Waals surface area contributed by atoms with Crippen molar-refractivity contribution in [3.63, 3.8) is 0 Å². The van der Waals surface area contributed by atoms with Gasteiger partial charge in [-0.25, -0.2) is 8.42 Å². The Morgan fingerprint density at radius 3 is 2.24 bits per heavy atom. The van der Waals surface area contributed by atoms with Crippen LogP contribution in [0.25, 0.3) is 0 Å². The topological polar surface area (TPSA) is 84.9 Å². The Bertz CT molecular complexity index is 929. The van der Waals surface area contributed by atoms with E-state index in [2.05, 4.69) is 5.32 Å². The zero-order valence-electron chi connectivity index (χ0n) is 17.4. The van der Waals surface area contributed by atoms with Crippen LogP contribution in [0, 0.1) is 5.92 Å². The Balaban J connectivity index is 2.54. The summed E-state index contributed by atoms with van der Waals surface area (Å²) in [5.41, 5.74) is 0.225. The van der Waals surface area contributed by atoms with Crippen LogP contribution in [-0.2, 0) is 14.8 Å². The van der Waals surface area contributed by atoms with Crippen molar-refractivity contribution in [3.05, 3.63) is 48.5 Å². The van der Waals surface area contributed by atoms with E-state index in [1.165, 1.54) is 26.4 Å². The summed E-state index contributed by atoms with van der Waals surface area (Å²) in [5, 5.41) is 2.85. The molecule has 0 aliphatic carbocycles. The van der Waals surface area contributed by atoms with Crippen LogP contribution in [0.1, 0.15) is 20.8 Å². The SMILES string of the molecule is COc1ccc(OC)c(N(CC(=O)N[C@H](C)C(C)C)S(=O)(=O)c2ccccc2)c1. The molecule has 2 aromatic carbocycles. The third-order valence-electron chi connectivity index (χ3n) is 4.66. The molecule has 0 spiro atoms. The molecule has 0 saturated heterocycles. The molecule has 2 rings (SSSR count). The van der Waals surface area contributed by atoms with Crippen molar-refractivity contribution < 1.29 is 22.7 Å². The fourth-order valence-corrected chi connectivity index (χ4v) is 4.05. The second-order valence-electron chi connectivity index (χ2n) is 6.96. The standard InChI is InChI=1S/C21H28N2O5S/c1-15(2)16(3)22-21(24)14-23(29(25,26)18-9-7-6-8-10-18)19-13-17(27-4)11-12-20(19)28-5/h6-13,15-16H,14H2,1-5H3,(H,22,24)/t16-/m1/s1. The summed E-state index contributed by atoms with van der Waals surface area (Å²) in [5.74, 6) is 0.570. The lowest BCUT2D eigenvalue weighted by Crippen LogP contribution is -2.45. The molecule has 0 heterocycles. The Morgan fingerprint density at radius 2 is 1.69 bits per heavy atom. The molecule has 7 nitrogen and oxygen atoms in total. The number of methoxy groups -OCH3 is 2. The van der Waals surface area contributed by atoms with E-state index in [1.54, 1.807) is 36.4 Å². The van der Waals surface area contributed by atoms with Gasteiger partial charge in [0.25, 0.3) is 10.0 Å². The van der Waals surface area contributed by atoms with Crippen LogP contribution in [0.5, 0.6) is 11.5 Å². The molecule has 0 saturated carbocycles. The van der Waals surface area contributed by atoms with Crippen LogP contribution in [0.4, 0.5) is 5.69 Å². The predicted octanol–water partition coefficient (Wildman–Crippen LogP) is 3.06. The monoisotopic (exact) mass is 420 g/mol. The number of rotatable bonds is 9. The molecule has 0 aromatic heterocycles. The Morgan fingerprint density at radius 1 is 1.03 bits per heavy atom. The molecule has 0 aliphatic rings. The largest absolute Gasteiger partial charge is 0.497 e. The second-order valence-corrected chi connectivity index (χ2v) is 8.83. The Labute approximate surface area is 172 Å². The Hall–Kier alpha value is -2.74. The Kier molecular flexibility index (Phi) is 7.50. The maximum atomic E-state index is 13.4. The van der Waals surface area contributed by atoms with E-state index >= 15 is 0 Å². The van der Waals surface area contributed by atoms with E-state index in [0.29, 0.717) is 11.5 Å². The molecule has 158 valence electrons. The molecule has 0 bridgehead atoms. The summed E-state index contributed by atoms with van der Waals surface area (Å²) in [4.78, 5) is 12.8. The van der Waals surface area contributed by atoms with Gasteiger partial charge in [0, 0.05) is 12.1 Å². The summed E-state index contributed by atoms with van der Waals surface area (Å²) >= 11 is 0. The summed E-state index contributed by atoms with van der Waals surface area (Å²) in [6.07, 6.45) is 0. The number of ether oxygens (including phenoxy) is 2. The first-order valence-electron chi connectivity index (χ1n) is 9.30. The number of hydrogen-bond donors (Lipinski definition) is 1. The number of sulfonamides is 1. The van der Waals surface area contributed by atoms with Gasteiger partial charge in [0.2, 0.25) is 5.91 Å². The number of nitrogens with one attached hydrogen (secondary N) is 1. The zero-order chi connectivity index (χ0) is 21.6. The van der Waals surface area contributed by atoms with Gasteiger partial charge in [-0.05, 0) is 37.1 Å². The van der Waals surface area contributed by atoms with Gasteiger partial charge >= 0.3 is 0 Å². The fraction of sp³-hybridized carbons (Fsp3) is 0.381. The summed E-state index contributed by atoms with van der Waals surface area (Å²) < 4.78 is 38.5. The van der Waals surface area contributed by atoms with E-state index in [9.17, 15) is 13.2 Å². The number of benzene rings is 2. The molecule has 0 aliphatic heterocycles. The van der Waals surface area contributed by atoms with Gasteiger partial charge < -0.3 is 14.8 Å². The second kappa shape index (κ2) is 9.65. The first-order chi connectivity index (χ1) is 13.7. The number of nitrogens with zero attached hydrogens (tertiary/aromatic N) is 1. The van der Waals surface area contributed by atoms with Crippen molar-refractivity contribution >= 4 is 21.6 Å². The highest BCUT2D eigenvalue weighted by Crippen LogP contribution is 2.35. The molecule has 1 atom stereocenters. The maximum Gasteiger partial charge on any atom is 0.264 e. The van der Waals surface area contributed by atoms with Crippen LogP contribution in [0.2, 0.25) is 0 Å². The number of carbonyl (C=O) groups excluding carboxylic acids is 1. The molecular formula is C21H28N2O5S. The van der Waals surface area contributed by atoms with Gasteiger partial charge in [0.15, 0.2) is 0 Å². The smallest absolute Gasteiger partial charge is 0.264 e. The van der Waals surface area contributed by atoms with Gasteiger partial charge in [-0.15, -0.1) is 0 Å². The van der Waals surface area contributed by atoms with E-state index in [1.807, 2.05) is 20.8 Å². The molecule has 1 amide bonds. The molecule has 0 radical (unpaired) electrons. The van der Waals surface area contributed by atoms with E-state index in [0.717, 1.165) is 4.31 Å². The van der Waals surface area contributed by atoms with Crippen LogP contribution < -0.4 is 19.1 Å². The minimum atomic E-state index is -4.03. The first kappa shape index (κ1) is 22.5. The summed E-state index contributed by atoms with van der Waals surface area (Å²) in [7, 11) is -1.10. The van der Waals surface area contributed by atoms with E-state index < -0.39 is 22.5 Å². The van der Waals surface area contributed by atoms with E-state index in [4.69, 9.17) is 9.47 Å². The van der Waals surface area contributed by atoms with Crippen molar-refractivity contribution in [3.8, 4) is 11.5 Å². The summed E-state index contributed by atoms with van der Waals surface area (Å²) in [6, 6.07) is 12.7. The van der Waals surface area contributed by atoms with Crippen LogP contribution >= 0.6 is 0 Å². The van der Waals surface area contributed by atoms with Crippen molar-refractivity contribution in [1.29, 1.82) is 0 Å². The number of carbonyl (C=O) groups is 1. The van der Waals surface area contributed by atoms with Gasteiger partial charge in [-0.1, -0.05) is 32.0 Å². The lowest BCUT2D eigenvalue weighted by Gasteiger charge is -2.27. The van der Waals surface area contributed by atoms with Gasteiger partial charge in [0.1, 0.15) is 18.0 Å². The quantitative estimate of drug-likeness (QED) is 0.674. The molecule has 29 heavy (non-hydrogen) atoms. The van der Waals surface area contributed by atoms with Crippen molar-refractivity contribution in [2.24, 2.45) is 5.92 Å². The number of hydrogen-bond acceptors (Lipinski definition) is 5. The summed E-state index contributed by atoms with van der Waals surface area (Å²) in [6.45, 7) is 5.45. The molecule has 8 heteroatoms. The zero-order valence-corrected chi connectivity index (χ0v) is 18.2. The highest BCUT2D eigenvalue weighted by molar-refractivity contribution is 7.92. The lowest BCUT2D eigenvalue weighted by molar-refractivity contribution is -0.120. The maximum absolute atomic E-state index is 13.4. The van der Waals surface area contributed by atoms with E-state index in [-0.39, 0.29) is 22.5 Å². The average Bonchev–Trinajstić information content (AvgIpc) is 2.71. The minimum absolute atomic E-state index is 0.0783. The molecular weight excluding hydrogens is 392 g/mol. The van der Waals surface area contributed by atoms with Crippen molar-refractivity contribution in [2.45, 2.75) is 31.7 Å². The molecule has 2 aromatic rings. The lowest BCUT2D eigenvalue weighted by atomic mass is 10.1. The van der Waals surface area contributed by atoms with Crippen LogP contribution in [-0.4, -0.2) is 41.1 Å². The van der Waals surface area contributed by atoms with Crippen LogP contribution in [0.15, 0.2) is 53.4 Å². The van der Waals surface area contributed by atoms with Crippen molar-refractivity contribution in [2.75, 3.05) is 25.1 Å². The average molecular weight is 421 g/mol. The molecule has 0 unspecified atom stereocenters. The third-order valence-corrected chi connectivity index (χ3v) is 6.44. The minimum Gasteiger partial charge on any atom is -0.497 e.